The molecule has 0 aromatic heterocycles. The number of rotatable bonds is 27. The van der Waals surface area contributed by atoms with Crippen molar-refractivity contribution in [2.45, 2.75) is 129 Å². The maximum Gasteiger partial charge on any atom is 0.469 e. The minimum absolute atomic E-state index is 0.0375. The predicted molar refractivity (Wildman–Crippen MR) is 156 cm³/mol. The first-order valence-electron chi connectivity index (χ1n) is 14.8. The molecule has 0 spiro atoms. The molecular formula is C27H57N4O7P. The van der Waals surface area contributed by atoms with Gasteiger partial charge < -0.3 is 36.5 Å². The molecule has 0 aliphatic rings. The van der Waals surface area contributed by atoms with Crippen molar-refractivity contribution in [3.05, 3.63) is 0 Å². The van der Waals surface area contributed by atoms with Gasteiger partial charge in [-0.05, 0) is 25.2 Å². The summed E-state index contributed by atoms with van der Waals surface area (Å²) < 4.78 is 26.4. The number of phosphoric acid groups is 1. The summed E-state index contributed by atoms with van der Waals surface area (Å²) in [6.07, 6.45) is 17.5. The van der Waals surface area contributed by atoms with Crippen LogP contribution in [0.3, 0.4) is 0 Å². The van der Waals surface area contributed by atoms with Gasteiger partial charge in [-0.2, -0.15) is 0 Å². The Hall–Kier alpha value is -1.23. The van der Waals surface area contributed by atoms with Crippen LogP contribution in [0, 0.1) is 5.92 Å². The van der Waals surface area contributed by atoms with Gasteiger partial charge in [0, 0.05) is 13.2 Å². The molecule has 0 aromatic rings. The monoisotopic (exact) mass is 580 g/mol. The lowest BCUT2D eigenvalue weighted by atomic mass is 10.0. The molecule has 0 fully saturated rings. The number of aliphatic imine (C=N–C) groups is 1. The van der Waals surface area contributed by atoms with Crippen LogP contribution in [0.15, 0.2) is 4.99 Å². The smallest absolute Gasteiger partial charge is 0.456 e. The van der Waals surface area contributed by atoms with Gasteiger partial charge in [0.15, 0.2) is 5.96 Å². The molecule has 0 saturated heterocycles. The van der Waals surface area contributed by atoms with E-state index in [4.69, 9.17) is 36.5 Å². The fourth-order valence-electron chi connectivity index (χ4n) is 4.10. The van der Waals surface area contributed by atoms with E-state index in [9.17, 15) is 9.36 Å². The van der Waals surface area contributed by atoms with Crippen LogP contribution < -0.4 is 17.2 Å². The van der Waals surface area contributed by atoms with Crippen molar-refractivity contribution >= 4 is 19.8 Å². The van der Waals surface area contributed by atoms with Crippen LogP contribution in [-0.4, -0.2) is 60.2 Å². The summed E-state index contributed by atoms with van der Waals surface area (Å²) >= 11 is 0. The molecule has 39 heavy (non-hydrogen) atoms. The molecule has 0 bridgehead atoms. The second-order valence-corrected chi connectivity index (χ2v) is 12.0. The number of carbonyl (C=O) groups is 1. The number of hydrogen-bond donors (Lipinski definition) is 5. The molecule has 1 unspecified atom stereocenters. The zero-order valence-electron chi connectivity index (χ0n) is 24.4. The first kappa shape index (κ1) is 37.8. The highest BCUT2D eigenvalue weighted by atomic mass is 31.2. The van der Waals surface area contributed by atoms with E-state index in [0.29, 0.717) is 26.0 Å². The summed E-state index contributed by atoms with van der Waals surface area (Å²) in [6.45, 7) is 4.85. The van der Waals surface area contributed by atoms with E-state index in [-0.39, 0.29) is 12.6 Å². The standard InChI is InChI=1S/C27H57N4O7P/c1-23(2)17-14-12-10-8-6-4-3-5-7-9-11-13-15-20-36-21-24(22-37-39(33,34)35)38-26(32)25(28)18-16-19-31-27(29)30/h23-25H,3-22,28H2,1-2H3,(H4,29,30,31)(H2,33,34,35)/t24?,25-/m0/s1. The molecule has 12 heteroatoms. The van der Waals surface area contributed by atoms with Crippen LogP contribution in [0.25, 0.3) is 0 Å². The highest BCUT2D eigenvalue weighted by Crippen LogP contribution is 2.35. The SMILES string of the molecule is CC(C)CCCCCCCCCCCCCCCOCC(COP(=O)(O)O)OC(=O)[C@@H](N)CCCN=C(N)N. The second-order valence-electron chi connectivity index (χ2n) is 10.8. The van der Waals surface area contributed by atoms with Crippen molar-refractivity contribution in [3.8, 4) is 0 Å². The average Bonchev–Trinajstić information content (AvgIpc) is 2.85. The lowest BCUT2D eigenvalue weighted by Gasteiger charge is -2.20. The van der Waals surface area contributed by atoms with Crippen molar-refractivity contribution in [2.24, 2.45) is 28.1 Å². The number of hydrogen-bond acceptors (Lipinski definition) is 7. The molecule has 11 nitrogen and oxygen atoms in total. The second kappa shape index (κ2) is 24.6. The number of phosphoric ester groups is 1. The number of nitrogens with two attached hydrogens (primary N) is 3. The zero-order valence-corrected chi connectivity index (χ0v) is 25.3. The molecule has 0 aromatic carbocycles. The zero-order chi connectivity index (χ0) is 29.4. The number of esters is 1. The summed E-state index contributed by atoms with van der Waals surface area (Å²) in [5, 5.41) is 0. The van der Waals surface area contributed by atoms with Crippen molar-refractivity contribution in [2.75, 3.05) is 26.4 Å². The fraction of sp³-hybridized carbons (Fsp3) is 0.926. The quantitative estimate of drug-likeness (QED) is 0.0303. The van der Waals surface area contributed by atoms with E-state index in [0.717, 1.165) is 25.2 Å². The highest BCUT2D eigenvalue weighted by molar-refractivity contribution is 7.46. The van der Waals surface area contributed by atoms with E-state index in [1.165, 1.54) is 70.6 Å². The fourth-order valence-corrected chi connectivity index (χ4v) is 4.46. The molecular weight excluding hydrogens is 523 g/mol. The Balaban J connectivity index is 3.91. The van der Waals surface area contributed by atoms with Crippen LogP contribution in [0.4, 0.5) is 0 Å². The minimum Gasteiger partial charge on any atom is -0.456 e. The molecule has 2 atom stereocenters. The largest absolute Gasteiger partial charge is 0.469 e. The molecule has 0 aliphatic carbocycles. The van der Waals surface area contributed by atoms with E-state index < -0.39 is 32.5 Å². The molecule has 0 aliphatic heterocycles. The molecule has 0 rings (SSSR count). The van der Waals surface area contributed by atoms with Gasteiger partial charge in [-0.15, -0.1) is 0 Å². The number of unbranched alkanes of at least 4 members (excludes halogenated alkanes) is 12. The minimum atomic E-state index is -4.71. The van der Waals surface area contributed by atoms with Gasteiger partial charge in [-0.3, -0.25) is 14.3 Å². The maximum atomic E-state index is 12.3. The van der Waals surface area contributed by atoms with Gasteiger partial charge in [0.05, 0.1) is 13.2 Å². The molecule has 0 heterocycles. The van der Waals surface area contributed by atoms with E-state index in [1.807, 2.05) is 0 Å². The van der Waals surface area contributed by atoms with Crippen molar-refractivity contribution < 1.29 is 33.1 Å². The molecule has 0 saturated carbocycles. The normalized spacial score (nSPS) is 13.4. The Kier molecular flexibility index (Phi) is 23.8. The third-order valence-corrected chi connectivity index (χ3v) is 6.84. The molecule has 0 radical (unpaired) electrons. The van der Waals surface area contributed by atoms with Crippen molar-refractivity contribution in [3.63, 3.8) is 0 Å². The summed E-state index contributed by atoms with van der Waals surface area (Å²) in [5.41, 5.74) is 16.4. The molecule has 8 N–H and O–H groups in total. The van der Waals surface area contributed by atoms with Gasteiger partial charge in [0.25, 0.3) is 0 Å². The number of ether oxygens (including phenoxy) is 2. The predicted octanol–water partition coefficient (Wildman–Crippen LogP) is 4.52. The van der Waals surface area contributed by atoms with Crippen molar-refractivity contribution in [1.29, 1.82) is 0 Å². The number of carbonyl (C=O) groups excluding carboxylic acids is 1. The average molecular weight is 581 g/mol. The lowest BCUT2D eigenvalue weighted by Crippen LogP contribution is -2.38. The van der Waals surface area contributed by atoms with Crippen LogP contribution in [-0.2, 0) is 23.4 Å². The number of guanidine groups is 1. The Labute approximate surface area is 236 Å². The van der Waals surface area contributed by atoms with Crippen molar-refractivity contribution in [1.82, 2.24) is 0 Å². The van der Waals surface area contributed by atoms with Gasteiger partial charge in [0.2, 0.25) is 0 Å². The van der Waals surface area contributed by atoms with Gasteiger partial charge >= 0.3 is 13.8 Å². The van der Waals surface area contributed by atoms with Crippen LogP contribution in [0.2, 0.25) is 0 Å². The van der Waals surface area contributed by atoms with Crippen LogP contribution >= 0.6 is 7.82 Å². The Morgan fingerprint density at radius 1 is 0.795 bits per heavy atom. The van der Waals surface area contributed by atoms with Crippen LogP contribution in [0.1, 0.15) is 117 Å². The number of nitrogens with zero attached hydrogens (tertiary/aromatic N) is 1. The summed E-state index contributed by atoms with van der Waals surface area (Å²) in [6, 6.07) is -0.920. The van der Waals surface area contributed by atoms with Crippen LogP contribution in [0.5, 0.6) is 0 Å². The Bertz CT molecular complexity index is 673. The summed E-state index contributed by atoms with van der Waals surface area (Å²) in [7, 11) is -4.71. The first-order chi connectivity index (χ1) is 18.5. The Morgan fingerprint density at radius 3 is 1.79 bits per heavy atom. The van der Waals surface area contributed by atoms with Gasteiger partial charge in [-0.1, -0.05) is 97.3 Å². The van der Waals surface area contributed by atoms with E-state index in [1.54, 1.807) is 0 Å². The third-order valence-electron chi connectivity index (χ3n) is 6.36. The molecule has 0 amide bonds. The van der Waals surface area contributed by atoms with E-state index in [2.05, 4.69) is 23.4 Å². The maximum absolute atomic E-state index is 12.3. The Morgan fingerprint density at radius 2 is 1.31 bits per heavy atom. The van der Waals surface area contributed by atoms with Gasteiger partial charge in [0.1, 0.15) is 12.1 Å². The molecule has 232 valence electrons. The highest BCUT2D eigenvalue weighted by Gasteiger charge is 2.24. The summed E-state index contributed by atoms with van der Waals surface area (Å²) in [4.78, 5) is 34.0. The topological polar surface area (TPSA) is 193 Å². The third kappa shape index (κ3) is 28.1. The first-order valence-corrected chi connectivity index (χ1v) is 16.3. The summed E-state index contributed by atoms with van der Waals surface area (Å²) in [5.74, 6) is 0.0841. The van der Waals surface area contributed by atoms with Gasteiger partial charge in [-0.25, -0.2) is 4.57 Å². The lowest BCUT2D eigenvalue weighted by molar-refractivity contribution is -0.156. The van der Waals surface area contributed by atoms with E-state index >= 15 is 0 Å².